The van der Waals surface area contributed by atoms with Crippen molar-refractivity contribution in [2.45, 2.75) is 40.2 Å². The molecule has 0 radical (unpaired) electrons. The molecule has 1 aliphatic rings. The second-order valence-corrected chi connectivity index (χ2v) is 7.81. The molecule has 3 rings (SSSR count). The summed E-state index contributed by atoms with van der Waals surface area (Å²) in [5.41, 5.74) is 2.79. The van der Waals surface area contributed by atoms with Crippen LogP contribution in [0.15, 0.2) is 36.4 Å². The third-order valence-corrected chi connectivity index (χ3v) is 5.25. The van der Waals surface area contributed by atoms with E-state index >= 15 is 0 Å². The van der Waals surface area contributed by atoms with Crippen LogP contribution in [0.5, 0.6) is 11.5 Å². The summed E-state index contributed by atoms with van der Waals surface area (Å²) in [6, 6.07) is 10.7. The van der Waals surface area contributed by atoms with Gasteiger partial charge in [0.15, 0.2) is 19.0 Å². The first-order valence-electron chi connectivity index (χ1n) is 10.4. The number of ketones is 1. The quantitative estimate of drug-likeness (QED) is 0.658. The summed E-state index contributed by atoms with van der Waals surface area (Å²) in [7, 11) is 0. The van der Waals surface area contributed by atoms with Crippen LogP contribution in [0.1, 0.15) is 41.8 Å². The van der Waals surface area contributed by atoms with Gasteiger partial charge in [-0.05, 0) is 62.6 Å². The summed E-state index contributed by atoms with van der Waals surface area (Å²) in [6.45, 7) is 7.34. The molecule has 2 aromatic carbocycles. The Hall–Kier alpha value is -3.35. The van der Waals surface area contributed by atoms with E-state index in [1.54, 1.807) is 18.2 Å². The van der Waals surface area contributed by atoms with Crippen molar-refractivity contribution in [3.05, 3.63) is 53.1 Å². The van der Waals surface area contributed by atoms with E-state index < -0.39 is 0 Å². The van der Waals surface area contributed by atoms with Gasteiger partial charge in [0.25, 0.3) is 5.91 Å². The average Bonchev–Trinajstić information content (AvgIpc) is 2.75. The van der Waals surface area contributed by atoms with E-state index in [1.807, 2.05) is 45.9 Å². The van der Waals surface area contributed by atoms with Crippen LogP contribution in [-0.2, 0) is 9.59 Å². The number of fused-ring (bicyclic) bond motifs is 1. The molecular weight excluding hydrogens is 396 g/mol. The summed E-state index contributed by atoms with van der Waals surface area (Å²) in [5.74, 6) is 0.301. The van der Waals surface area contributed by atoms with Crippen molar-refractivity contribution in [2.75, 3.05) is 24.7 Å². The van der Waals surface area contributed by atoms with E-state index in [9.17, 15) is 14.4 Å². The average molecular weight is 424 g/mol. The molecule has 1 heterocycles. The van der Waals surface area contributed by atoms with Crippen LogP contribution in [0.4, 0.5) is 5.69 Å². The van der Waals surface area contributed by atoms with Crippen molar-refractivity contribution in [2.24, 2.45) is 0 Å². The maximum atomic E-state index is 12.7. The van der Waals surface area contributed by atoms with E-state index in [4.69, 9.17) is 9.47 Å². The van der Waals surface area contributed by atoms with Crippen LogP contribution in [0.3, 0.4) is 0 Å². The van der Waals surface area contributed by atoms with Gasteiger partial charge >= 0.3 is 0 Å². The Balaban J connectivity index is 1.76. The van der Waals surface area contributed by atoms with Crippen LogP contribution < -0.4 is 19.7 Å². The minimum absolute atomic E-state index is 0.0123. The SMILES string of the molecule is CCC(C)NC(=O)CN1C(=O)COc2ccc(C(=O)COc3cc(C)ccc3C)cc21. The highest BCUT2D eigenvalue weighted by Crippen LogP contribution is 2.33. The first-order valence-corrected chi connectivity index (χ1v) is 10.4. The Bertz CT molecular complexity index is 1000. The molecule has 0 aromatic heterocycles. The highest BCUT2D eigenvalue weighted by atomic mass is 16.5. The summed E-state index contributed by atoms with van der Waals surface area (Å²) >= 11 is 0. The molecule has 0 fully saturated rings. The molecule has 1 atom stereocenters. The summed E-state index contributed by atoms with van der Waals surface area (Å²) < 4.78 is 11.2. The third-order valence-electron chi connectivity index (χ3n) is 5.25. The fourth-order valence-electron chi connectivity index (χ4n) is 3.20. The standard InChI is InChI=1S/C24H28N2O5/c1-5-17(4)25-23(28)12-26-19-11-18(8-9-21(19)31-14-24(26)29)20(27)13-30-22-10-15(2)6-7-16(22)3/h6-11,17H,5,12-14H2,1-4H3,(H,25,28). The van der Waals surface area contributed by atoms with Crippen molar-refractivity contribution >= 4 is 23.3 Å². The molecule has 0 spiro atoms. The molecule has 1 unspecified atom stereocenters. The van der Waals surface area contributed by atoms with Crippen molar-refractivity contribution < 1.29 is 23.9 Å². The number of carbonyl (C=O) groups excluding carboxylic acids is 3. The van der Waals surface area contributed by atoms with E-state index in [1.165, 1.54) is 4.90 Å². The number of ether oxygens (including phenoxy) is 2. The van der Waals surface area contributed by atoms with Gasteiger partial charge in [-0.25, -0.2) is 0 Å². The Morgan fingerprint density at radius 1 is 1.19 bits per heavy atom. The van der Waals surface area contributed by atoms with Gasteiger partial charge in [-0.15, -0.1) is 0 Å². The van der Waals surface area contributed by atoms with E-state index in [0.29, 0.717) is 22.7 Å². The first kappa shape index (κ1) is 22.3. The number of nitrogens with one attached hydrogen (secondary N) is 1. The smallest absolute Gasteiger partial charge is 0.265 e. The molecule has 31 heavy (non-hydrogen) atoms. The van der Waals surface area contributed by atoms with Crippen molar-refractivity contribution in [3.8, 4) is 11.5 Å². The van der Waals surface area contributed by atoms with Gasteiger partial charge in [-0.1, -0.05) is 19.1 Å². The minimum Gasteiger partial charge on any atom is -0.485 e. The molecule has 1 aliphatic heterocycles. The zero-order chi connectivity index (χ0) is 22.5. The number of benzene rings is 2. The molecule has 0 saturated heterocycles. The first-order chi connectivity index (χ1) is 14.8. The van der Waals surface area contributed by atoms with Gasteiger partial charge in [0.05, 0.1) is 5.69 Å². The zero-order valence-corrected chi connectivity index (χ0v) is 18.4. The topological polar surface area (TPSA) is 84.9 Å². The molecule has 0 saturated carbocycles. The van der Waals surface area contributed by atoms with Gasteiger partial charge in [0, 0.05) is 11.6 Å². The van der Waals surface area contributed by atoms with Gasteiger partial charge in [0.2, 0.25) is 5.91 Å². The fourth-order valence-corrected chi connectivity index (χ4v) is 3.20. The number of amides is 2. The molecule has 7 nitrogen and oxygen atoms in total. The van der Waals surface area contributed by atoms with Crippen LogP contribution in [0, 0.1) is 13.8 Å². The lowest BCUT2D eigenvalue weighted by molar-refractivity contribution is -0.125. The molecule has 1 N–H and O–H groups in total. The van der Waals surface area contributed by atoms with Crippen molar-refractivity contribution in [1.29, 1.82) is 0 Å². The number of hydrogen-bond acceptors (Lipinski definition) is 5. The van der Waals surface area contributed by atoms with Gasteiger partial charge in [0.1, 0.15) is 18.0 Å². The predicted octanol–water partition coefficient (Wildman–Crippen LogP) is 3.21. The molecule has 164 valence electrons. The van der Waals surface area contributed by atoms with E-state index in [-0.39, 0.29) is 43.4 Å². The number of nitrogens with zero attached hydrogens (tertiary/aromatic N) is 1. The number of Topliss-reactive ketones (excluding diaryl/α,β-unsaturated/α-hetero) is 1. The number of aryl methyl sites for hydroxylation is 2. The Labute approximate surface area is 182 Å². The fraction of sp³-hybridized carbons (Fsp3) is 0.375. The zero-order valence-electron chi connectivity index (χ0n) is 18.4. The maximum absolute atomic E-state index is 12.7. The van der Waals surface area contributed by atoms with Crippen molar-refractivity contribution in [3.63, 3.8) is 0 Å². The monoisotopic (exact) mass is 424 g/mol. The van der Waals surface area contributed by atoms with Crippen LogP contribution >= 0.6 is 0 Å². The van der Waals surface area contributed by atoms with E-state index in [2.05, 4.69) is 5.32 Å². The summed E-state index contributed by atoms with van der Waals surface area (Å²) in [6.07, 6.45) is 0.790. The van der Waals surface area contributed by atoms with Crippen LogP contribution in [0.2, 0.25) is 0 Å². The number of hydrogen-bond donors (Lipinski definition) is 1. The lowest BCUT2D eigenvalue weighted by Crippen LogP contribution is -2.46. The third kappa shape index (κ3) is 5.42. The number of anilines is 1. The second kappa shape index (κ2) is 9.64. The molecule has 2 amide bonds. The molecule has 2 aromatic rings. The van der Waals surface area contributed by atoms with Gasteiger partial charge < -0.3 is 14.8 Å². The predicted molar refractivity (Wildman–Crippen MR) is 118 cm³/mol. The van der Waals surface area contributed by atoms with Gasteiger partial charge in [-0.3, -0.25) is 19.3 Å². The van der Waals surface area contributed by atoms with E-state index in [0.717, 1.165) is 17.5 Å². The molecule has 7 heteroatoms. The van der Waals surface area contributed by atoms with Crippen LogP contribution in [0.25, 0.3) is 0 Å². The number of carbonyl (C=O) groups is 3. The molecular formula is C24H28N2O5. The van der Waals surface area contributed by atoms with Crippen molar-refractivity contribution in [1.82, 2.24) is 5.32 Å². The summed E-state index contributed by atoms with van der Waals surface area (Å²) in [5, 5.41) is 2.85. The number of rotatable bonds is 8. The lowest BCUT2D eigenvalue weighted by Gasteiger charge is -2.29. The maximum Gasteiger partial charge on any atom is 0.265 e. The highest BCUT2D eigenvalue weighted by Gasteiger charge is 2.28. The van der Waals surface area contributed by atoms with Crippen LogP contribution in [-0.4, -0.2) is 43.4 Å². The lowest BCUT2D eigenvalue weighted by atomic mass is 10.1. The Morgan fingerprint density at radius 3 is 2.71 bits per heavy atom. The molecule has 0 bridgehead atoms. The largest absolute Gasteiger partial charge is 0.485 e. The highest BCUT2D eigenvalue weighted by molar-refractivity contribution is 6.04. The molecule has 0 aliphatic carbocycles. The van der Waals surface area contributed by atoms with Gasteiger partial charge in [-0.2, -0.15) is 0 Å². The normalized spacial score (nSPS) is 13.8. The Kier molecular flexibility index (Phi) is 6.95. The summed E-state index contributed by atoms with van der Waals surface area (Å²) in [4.78, 5) is 38.9. The Morgan fingerprint density at radius 2 is 1.97 bits per heavy atom. The minimum atomic E-state index is -0.331. The second-order valence-electron chi connectivity index (χ2n) is 7.81.